The predicted molar refractivity (Wildman–Crippen MR) is 64.3 cm³/mol. The molecular formula is C12H24N2O2. The van der Waals surface area contributed by atoms with Gasteiger partial charge in [0.05, 0.1) is 18.7 Å². The summed E-state index contributed by atoms with van der Waals surface area (Å²) < 4.78 is 5.21. The van der Waals surface area contributed by atoms with E-state index in [4.69, 9.17) is 4.74 Å². The van der Waals surface area contributed by atoms with Crippen molar-refractivity contribution in [1.29, 1.82) is 0 Å². The van der Waals surface area contributed by atoms with Crippen molar-refractivity contribution in [2.24, 2.45) is 5.92 Å². The molecule has 0 bridgehead atoms. The van der Waals surface area contributed by atoms with Crippen LogP contribution in [0.1, 0.15) is 27.2 Å². The van der Waals surface area contributed by atoms with Gasteiger partial charge in [-0.25, -0.2) is 0 Å². The van der Waals surface area contributed by atoms with Gasteiger partial charge in [0, 0.05) is 13.7 Å². The summed E-state index contributed by atoms with van der Waals surface area (Å²) in [6.45, 7) is 8.63. The molecule has 4 nitrogen and oxygen atoms in total. The fourth-order valence-electron chi connectivity index (χ4n) is 2.28. The zero-order chi connectivity index (χ0) is 12.1. The number of hydrogen-bond acceptors (Lipinski definition) is 3. The van der Waals surface area contributed by atoms with E-state index in [2.05, 4.69) is 19.2 Å². The monoisotopic (exact) mass is 228 g/mol. The maximum Gasteiger partial charge on any atom is 0.240 e. The van der Waals surface area contributed by atoms with Crippen molar-refractivity contribution in [1.82, 2.24) is 10.2 Å². The molecular weight excluding hydrogens is 204 g/mol. The molecule has 0 saturated carbocycles. The van der Waals surface area contributed by atoms with E-state index in [0.717, 1.165) is 19.5 Å². The molecule has 2 atom stereocenters. The van der Waals surface area contributed by atoms with Crippen LogP contribution in [0.3, 0.4) is 0 Å². The SMILES string of the molecule is CCNC1CCN(C(COC)C(C)C)C1=O. The second kappa shape index (κ2) is 6.21. The van der Waals surface area contributed by atoms with Crippen molar-refractivity contribution in [2.45, 2.75) is 39.3 Å². The highest BCUT2D eigenvalue weighted by molar-refractivity contribution is 5.84. The highest BCUT2D eigenvalue weighted by Crippen LogP contribution is 2.19. The van der Waals surface area contributed by atoms with E-state index in [1.165, 1.54) is 0 Å². The molecule has 1 aliphatic heterocycles. The van der Waals surface area contributed by atoms with Crippen LogP contribution < -0.4 is 5.32 Å². The second-order valence-corrected chi connectivity index (χ2v) is 4.70. The highest BCUT2D eigenvalue weighted by atomic mass is 16.5. The first-order valence-corrected chi connectivity index (χ1v) is 6.14. The van der Waals surface area contributed by atoms with Crippen LogP contribution in [0.4, 0.5) is 0 Å². The molecule has 16 heavy (non-hydrogen) atoms. The summed E-state index contributed by atoms with van der Waals surface area (Å²) in [5, 5.41) is 3.23. The minimum atomic E-state index is 0.0168. The van der Waals surface area contributed by atoms with Gasteiger partial charge in [0.25, 0.3) is 0 Å². The molecule has 1 fully saturated rings. The third-order valence-electron chi connectivity index (χ3n) is 3.20. The Bertz CT molecular complexity index is 231. The number of amides is 1. The molecule has 0 aromatic rings. The van der Waals surface area contributed by atoms with E-state index < -0.39 is 0 Å². The Morgan fingerprint density at radius 2 is 2.25 bits per heavy atom. The summed E-state index contributed by atoms with van der Waals surface area (Å²) >= 11 is 0. The van der Waals surface area contributed by atoms with Crippen LogP contribution in [0.5, 0.6) is 0 Å². The molecule has 1 saturated heterocycles. The summed E-state index contributed by atoms with van der Waals surface area (Å²) in [6.07, 6.45) is 0.916. The van der Waals surface area contributed by atoms with Crippen LogP contribution in [-0.2, 0) is 9.53 Å². The van der Waals surface area contributed by atoms with Crippen molar-refractivity contribution < 1.29 is 9.53 Å². The van der Waals surface area contributed by atoms with Gasteiger partial charge in [-0.05, 0) is 18.9 Å². The number of carbonyl (C=O) groups excluding carboxylic acids is 1. The van der Waals surface area contributed by atoms with Crippen molar-refractivity contribution in [3.63, 3.8) is 0 Å². The van der Waals surface area contributed by atoms with Gasteiger partial charge in [-0.2, -0.15) is 0 Å². The Hall–Kier alpha value is -0.610. The minimum Gasteiger partial charge on any atom is -0.383 e. The number of hydrogen-bond donors (Lipinski definition) is 1. The fraction of sp³-hybridized carbons (Fsp3) is 0.917. The van der Waals surface area contributed by atoms with Crippen LogP contribution in [0, 0.1) is 5.92 Å². The molecule has 1 rings (SSSR count). The van der Waals surface area contributed by atoms with E-state index in [1.807, 2.05) is 11.8 Å². The van der Waals surface area contributed by atoms with E-state index >= 15 is 0 Å². The quantitative estimate of drug-likeness (QED) is 0.733. The summed E-state index contributed by atoms with van der Waals surface area (Å²) in [6, 6.07) is 0.226. The zero-order valence-electron chi connectivity index (χ0n) is 10.8. The lowest BCUT2D eigenvalue weighted by Gasteiger charge is -2.30. The van der Waals surface area contributed by atoms with E-state index in [-0.39, 0.29) is 18.0 Å². The Balaban J connectivity index is 2.62. The number of nitrogens with one attached hydrogen (secondary N) is 1. The standard InChI is InChI=1S/C12H24N2O2/c1-5-13-10-6-7-14(12(10)15)11(8-16-4)9(2)3/h9-11,13H,5-8H2,1-4H3. The van der Waals surface area contributed by atoms with Crippen LogP contribution in [0.25, 0.3) is 0 Å². The first-order valence-electron chi connectivity index (χ1n) is 6.14. The zero-order valence-corrected chi connectivity index (χ0v) is 10.8. The van der Waals surface area contributed by atoms with Crippen LogP contribution in [0.2, 0.25) is 0 Å². The number of methoxy groups -OCH3 is 1. The largest absolute Gasteiger partial charge is 0.383 e. The van der Waals surface area contributed by atoms with Gasteiger partial charge in [0.15, 0.2) is 0 Å². The van der Waals surface area contributed by atoms with Crippen LogP contribution >= 0.6 is 0 Å². The normalized spacial score (nSPS) is 23.2. The molecule has 1 aliphatic rings. The van der Waals surface area contributed by atoms with Gasteiger partial charge in [-0.1, -0.05) is 20.8 Å². The van der Waals surface area contributed by atoms with Crippen LogP contribution in [-0.4, -0.2) is 49.7 Å². The molecule has 0 aromatic heterocycles. The first kappa shape index (κ1) is 13.5. The third kappa shape index (κ3) is 2.95. The smallest absolute Gasteiger partial charge is 0.240 e. The topological polar surface area (TPSA) is 41.6 Å². The summed E-state index contributed by atoms with van der Waals surface area (Å²) in [4.78, 5) is 14.1. The lowest BCUT2D eigenvalue weighted by Crippen LogP contribution is -2.46. The summed E-state index contributed by atoms with van der Waals surface area (Å²) in [5.74, 6) is 0.668. The number of likely N-dealkylation sites (tertiary alicyclic amines) is 1. The second-order valence-electron chi connectivity index (χ2n) is 4.70. The van der Waals surface area contributed by atoms with Gasteiger partial charge in [-0.3, -0.25) is 4.79 Å². The van der Waals surface area contributed by atoms with E-state index in [0.29, 0.717) is 12.5 Å². The Morgan fingerprint density at radius 1 is 1.56 bits per heavy atom. The molecule has 0 radical (unpaired) electrons. The lowest BCUT2D eigenvalue weighted by atomic mass is 10.0. The maximum atomic E-state index is 12.1. The average molecular weight is 228 g/mol. The molecule has 4 heteroatoms. The van der Waals surface area contributed by atoms with Crippen molar-refractivity contribution in [2.75, 3.05) is 26.8 Å². The number of carbonyl (C=O) groups is 1. The molecule has 0 aliphatic carbocycles. The number of rotatable bonds is 6. The van der Waals surface area contributed by atoms with Gasteiger partial charge >= 0.3 is 0 Å². The lowest BCUT2D eigenvalue weighted by molar-refractivity contribution is -0.133. The van der Waals surface area contributed by atoms with E-state index in [9.17, 15) is 4.79 Å². The molecule has 2 unspecified atom stereocenters. The molecule has 0 spiro atoms. The maximum absolute atomic E-state index is 12.1. The molecule has 1 N–H and O–H groups in total. The Labute approximate surface area is 98.3 Å². The van der Waals surface area contributed by atoms with E-state index in [1.54, 1.807) is 7.11 Å². The predicted octanol–water partition coefficient (Wildman–Crippen LogP) is 0.868. The van der Waals surface area contributed by atoms with Crippen molar-refractivity contribution in [3.05, 3.63) is 0 Å². The number of ether oxygens (including phenoxy) is 1. The fourth-order valence-corrected chi connectivity index (χ4v) is 2.28. The Kier molecular flexibility index (Phi) is 5.22. The van der Waals surface area contributed by atoms with Crippen molar-refractivity contribution >= 4 is 5.91 Å². The highest BCUT2D eigenvalue weighted by Gasteiger charge is 2.36. The molecule has 94 valence electrons. The molecule has 1 heterocycles. The average Bonchev–Trinajstić information content (AvgIpc) is 2.58. The Morgan fingerprint density at radius 3 is 2.75 bits per heavy atom. The van der Waals surface area contributed by atoms with Gasteiger partial charge in [-0.15, -0.1) is 0 Å². The summed E-state index contributed by atoms with van der Waals surface area (Å²) in [7, 11) is 1.69. The van der Waals surface area contributed by atoms with Crippen molar-refractivity contribution in [3.8, 4) is 0 Å². The summed E-state index contributed by atoms with van der Waals surface area (Å²) in [5.41, 5.74) is 0. The molecule has 1 amide bonds. The number of likely N-dealkylation sites (N-methyl/N-ethyl adjacent to an activating group) is 1. The van der Waals surface area contributed by atoms with Gasteiger partial charge < -0.3 is 15.0 Å². The van der Waals surface area contributed by atoms with Gasteiger partial charge in [0.2, 0.25) is 5.91 Å². The first-order chi connectivity index (χ1) is 7.61. The van der Waals surface area contributed by atoms with Crippen LogP contribution in [0.15, 0.2) is 0 Å². The third-order valence-corrected chi connectivity index (χ3v) is 3.20. The molecule has 0 aromatic carbocycles. The minimum absolute atomic E-state index is 0.0168. The van der Waals surface area contributed by atoms with Gasteiger partial charge in [0.1, 0.15) is 0 Å². The number of nitrogens with zero attached hydrogens (tertiary/aromatic N) is 1.